The molecule has 28 heavy (non-hydrogen) atoms. The molecule has 0 aliphatic carbocycles. The lowest BCUT2D eigenvalue weighted by Gasteiger charge is -2.13. The van der Waals surface area contributed by atoms with Gasteiger partial charge in [0.15, 0.2) is 5.65 Å². The summed E-state index contributed by atoms with van der Waals surface area (Å²) in [4.78, 5) is 13.4. The van der Waals surface area contributed by atoms with Crippen molar-refractivity contribution < 1.29 is 4.39 Å². The van der Waals surface area contributed by atoms with Crippen LogP contribution in [0, 0.1) is 5.82 Å². The van der Waals surface area contributed by atoms with Crippen LogP contribution in [0.2, 0.25) is 0 Å². The molecule has 0 atom stereocenters. The number of pyridine rings is 3. The Morgan fingerprint density at radius 3 is 2.57 bits per heavy atom. The third-order valence-corrected chi connectivity index (χ3v) is 4.57. The summed E-state index contributed by atoms with van der Waals surface area (Å²) in [5, 5.41) is 0.898. The highest BCUT2D eigenvalue weighted by atomic mass is 19.1. The Kier molecular flexibility index (Phi) is 4.77. The quantitative estimate of drug-likeness (QED) is 0.433. The van der Waals surface area contributed by atoms with Crippen molar-refractivity contribution in [3.63, 3.8) is 0 Å². The molecular formula is C24H18FN3. The molecule has 4 rings (SSSR count). The van der Waals surface area contributed by atoms with Crippen LogP contribution in [0.1, 0.15) is 18.2 Å². The van der Waals surface area contributed by atoms with Gasteiger partial charge in [0.05, 0.1) is 11.4 Å². The normalized spacial score (nSPS) is 11.2. The third-order valence-electron chi connectivity index (χ3n) is 4.57. The van der Waals surface area contributed by atoms with Gasteiger partial charge in [-0.05, 0) is 60.5 Å². The Hall–Kier alpha value is -3.66. The zero-order valence-corrected chi connectivity index (χ0v) is 15.4. The predicted molar refractivity (Wildman–Crippen MR) is 113 cm³/mol. The molecule has 0 radical (unpaired) electrons. The second-order valence-electron chi connectivity index (χ2n) is 6.27. The zero-order valence-electron chi connectivity index (χ0n) is 15.4. The molecule has 4 heteroatoms. The van der Waals surface area contributed by atoms with E-state index in [4.69, 9.17) is 0 Å². The summed E-state index contributed by atoms with van der Waals surface area (Å²) in [5.74, 6) is -0.314. The lowest BCUT2D eigenvalue weighted by atomic mass is 9.95. The number of aromatic nitrogens is 3. The first-order valence-electron chi connectivity index (χ1n) is 8.98. The Labute approximate surface area is 162 Å². The summed E-state index contributed by atoms with van der Waals surface area (Å²) in [5.41, 5.74) is 5.20. The number of hydrogen-bond acceptors (Lipinski definition) is 3. The van der Waals surface area contributed by atoms with Crippen LogP contribution < -0.4 is 0 Å². The minimum absolute atomic E-state index is 0.314. The average Bonchev–Trinajstić information content (AvgIpc) is 2.74. The molecule has 1 aromatic carbocycles. The number of rotatable bonds is 4. The van der Waals surface area contributed by atoms with Crippen molar-refractivity contribution in [2.45, 2.75) is 6.92 Å². The van der Waals surface area contributed by atoms with Gasteiger partial charge in [-0.2, -0.15) is 0 Å². The molecule has 0 spiro atoms. The van der Waals surface area contributed by atoms with Gasteiger partial charge < -0.3 is 0 Å². The maximum atomic E-state index is 14.4. The molecule has 136 valence electrons. The van der Waals surface area contributed by atoms with Gasteiger partial charge in [-0.1, -0.05) is 30.9 Å². The monoisotopic (exact) mass is 367 g/mol. The van der Waals surface area contributed by atoms with Crippen molar-refractivity contribution in [2.24, 2.45) is 0 Å². The molecule has 3 heterocycles. The third kappa shape index (κ3) is 3.09. The molecular weight excluding hydrogens is 349 g/mol. The number of fused-ring (bicyclic) bond motifs is 1. The van der Waals surface area contributed by atoms with Gasteiger partial charge in [-0.3, -0.25) is 4.98 Å². The lowest BCUT2D eigenvalue weighted by Crippen LogP contribution is -1.96. The van der Waals surface area contributed by atoms with Crippen LogP contribution in [0.3, 0.4) is 0 Å². The first kappa shape index (κ1) is 17.7. The van der Waals surface area contributed by atoms with Crippen molar-refractivity contribution in [3.05, 3.63) is 90.7 Å². The predicted octanol–water partition coefficient (Wildman–Crippen LogP) is 6.17. The van der Waals surface area contributed by atoms with Gasteiger partial charge in [0, 0.05) is 28.9 Å². The molecule has 0 amide bonds. The largest absolute Gasteiger partial charge is 0.256 e. The van der Waals surface area contributed by atoms with E-state index in [1.54, 1.807) is 36.7 Å². The maximum Gasteiger partial charge on any atom is 0.160 e. The van der Waals surface area contributed by atoms with Crippen LogP contribution in [0.4, 0.5) is 4.39 Å². The molecule has 4 aromatic rings. The molecule has 0 unspecified atom stereocenters. The van der Waals surface area contributed by atoms with E-state index < -0.39 is 0 Å². The highest BCUT2D eigenvalue weighted by Crippen LogP contribution is 2.35. The summed E-state index contributed by atoms with van der Waals surface area (Å²) >= 11 is 0. The molecule has 0 saturated carbocycles. The van der Waals surface area contributed by atoms with Gasteiger partial charge in [-0.25, -0.2) is 14.4 Å². The number of allylic oxidation sites excluding steroid dienone is 1. The van der Waals surface area contributed by atoms with Crippen molar-refractivity contribution in [1.29, 1.82) is 0 Å². The van der Waals surface area contributed by atoms with E-state index in [1.807, 2.05) is 43.3 Å². The molecule has 0 saturated heterocycles. The molecule has 0 aliphatic rings. The minimum atomic E-state index is -0.314. The van der Waals surface area contributed by atoms with E-state index in [9.17, 15) is 4.39 Å². The highest BCUT2D eigenvalue weighted by Gasteiger charge is 2.15. The standard InChI is InChI=1S/C24H18FN3/c1-3-8-17-16(12-14-26-22(17)4-2)20-15-23(19-9-5-6-11-21(19)25)28-24-18(20)10-7-13-27-24/h3-15H,2H2,1H3/b8-3-. The van der Waals surface area contributed by atoms with Crippen molar-refractivity contribution in [1.82, 2.24) is 15.0 Å². The highest BCUT2D eigenvalue weighted by molar-refractivity contribution is 5.97. The van der Waals surface area contributed by atoms with Crippen LogP contribution >= 0.6 is 0 Å². The van der Waals surface area contributed by atoms with Crippen LogP contribution in [0.15, 0.2) is 73.6 Å². The molecule has 0 aliphatic heterocycles. The van der Waals surface area contributed by atoms with Crippen molar-refractivity contribution in [3.8, 4) is 22.4 Å². The topological polar surface area (TPSA) is 38.7 Å². The van der Waals surface area contributed by atoms with E-state index in [1.165, 1.54) is 6.07 Å². The van der Waals surface area contributed by atoms with Gasteiger partial charge >= 0.3 is 0 Å². The van der Waals surface area contributed by atoms with Gasteiger partial charge in [0.1, 0.15) is 5.82 Å². The van der Waals surface area contributed by atoms with E-state index >= 15 is 0 Å². The number of nitrogens with zero attached hydrogens (tertiary/aromatic N) is 3. The first-order chi connectivity index (χ1) is 13.7. The average molecular weight is 367 g/mol. The van der Waals surface area contributed by atoms with E-state index in [0.717, 1.165) is 27.8 Å². The van der Waals surface area contributed by atoms with Crippen LogP contribution in [0.25, 0.3) is 45.6 Å². The first-order valence-corrected chi connectivity index (χ1v) is 8.98. The molecule has 0 fully saturated rings. The Balaban J connectivity index is 2.08. The zero-order chi connectivity index (χ0) is 19.5. The summed E-state index contributed by atoms with van der Waals surface area (Å²) in [6.07, 6.45) is 9.15. The summed E-state index contributed by atoms with van der Waals surface area (Å²) in [6, 6.07) is 14.4. The summed E-state index contributed by atoms with van der Waals surface area (Å²) in [7, 11) is 0. The molecule has 0 N–H and O–H groups in total. The second-order valence-corrected chi connectivity index (χ2v) is 6.27. The molecule has 3 aromatic heterocycles. The number of benzene rings is 1. The van der Waals surface area contributed by atoms with Gasteiger partial charge in [0.2, 0.25) is 0 Å². The maximum absolute atomic E-state index is 14.4. The summed E-state index contributed by atoms with van der Waals surface area (Å²) in [6.45, 7) is 5.84. The fraction of sp³-hybridized carbons (Fsp3) is 0.0417. The fourth-order valence-electron chi connectivity index (χ4n) is 3.32. The van der Waals surface area contributed by atoms with Gasteiger partial charge in [0.25, 0.3) is 0 Å². The SMILES string of the molecule is C=Cc1nccc(-c2cc(-c3ccccc3F)nc3ncccc23)c1/C=C\C. The Morgan fingerprint density at radius 2 is 1.79 bits per heavy atom. The van der Waals surface area contributed by atoms with Gasteiger partial charge in [-0.15, -0.1) is 0 Å². The van der Waals surface area contributed by atoms with E-state index in [2.05, 4.69) is 21.5 Å². The Morgan fingerprint density at radius 1 is 0.929 bits per heavy atom. The second kappa shape index (κ2) is 7.53. The minimum Gasteiger partial charge on any atom is -0.256 e. The van der Waals surface area contributed by atoms with Crippen molar-refractivity contribution in [2.75, 3.05) is 0 Å². The molecule has 3 nitrogen and oxygen atoms in total. The molecule has 0 bridgehead atoms. The number of hydrogen-bond donors (Lipinski definition) is 0. The van der Waals surface area contributed by atoms with E-state index in [-0.39, 0.29) is 5.82 Å². The van der Waals surface area contributed by atoms with Crippen LogP contribution in [0.5, 0.6) is 0 Å². The lowest BCUT2D eigenvalue weighted by molar-refractivity contribution is 0.631. The van der Waals surface area contributed by atoms with Crippen molar-refractivity contribution >= 4 is 23.2 Å². The smallest absolute Gasteiger partial charge is 0.160 e. The summed E-state index contributed by atoms with van der Waals surface area (Å²) < 4.78 is 14.4. The van der Waals surface area contributed by atoms with Crippen LogP contribution in [-0.4, -0.2) is 15.0 Å². The fourth-order valence-corrected chi connectivity index (χ4v) is 3.32. The van der Waals surface area contributed by atoms with Crippen LogP contribution in [-0.2, 0) is 0 Å². The Bertz CT molecular complexity index is 1210. The number of halogens is 1. The van der Waals surface area contributed by atoms with E-state index in [0.29, 0.717) is 16.9 Å².